The molecule has 0 fully saturated rings. The Kier molecular flexibility index (Phi) is 5.95. The number of aryl methyl sites for hydroxylation is 3. The fraction of sp³-hybridized carbons (Fsp3) is 0.368. The molecule has 0 bridgehead atoms. The van der Waals surface area contributed by atoms with E-state index in [9.17, 15) is 18.3 Å². The van der Waals surface area contributed by atoms with E-state index in [4.69, 9.17) is 4.74 Å². The summed E-state index contributed by atoms with van der Waals surface area (Å²) in [6.07, 6.45) is -5.24. The van der Waals surface area contributed by atoms with Crippen molar-refractivity contribution in [1.29, 1.82) is 0 Å². The van der Waals surface area contributed by atoms with Gasteiger partial charge in [0.2, 0.25) is 0 Å². The molecule has 0 unspecified atom stereocenters. The zero-order valence-corrected chi connectivity index (χ0v) is 14.4. The molecule has 2 rings (SSSR count). The van der Waals surface area contributed by atoms with Crippen molar-refractivity contribution < 1.29 is 23.0 Å². The summed E-state index contributed by atoms with van der Waals surface area (Å²) in [7, 11) is 0. The van der Waals surface area contributed by atoms with Gasteiger partial charge in [0.1, 0.15) is 18.5 Å². The van der Waals surface area contributed by atoms with Crippen LogP contribution in [0.5, 0.6) is 5.75 Å². The van der Waals surface area contributed by atoms with Crippen molar-refractivity contribution in [2.45, 2.75) is 33.1 Å². The first-order valence-electron chi connectivity index (χ1n) is 7.96. The van der Waals surface area contributed by atoms with Crippen LogP contribution in [0.4, 0.5) is 18.9 Å². The number of anilines is 1. The van der Waals surface area contributed by atoms with E-state index in [2.05, 4.69) is 5.32 Å². The zero-order chi connectivity index (χ0) is 18.6. The zero-order valence-electron chi connectivity index (χ0n) is 14.4. The first kappa shape index (κ1) is 19.1. The lowest BCUT2D eigenvalue weighted by atomic mass is 10.1. The Hall–Kier alpha value is -2.21. The van der Waals surface area contributed by atoms with Gasteiger partial charge < -0.3 is 15.2 Å². The van der Waals surface area contributed by atoms with Crippen LogP contribution in [-0.4, -0.2) is 24.4 Å². The van der Waals surface area contributed by atoms with Crippen molar-refractivity contribution in [3.05, 3.63) is 58.7 Å². The molecule has 136 valence electrons. The predicted molar refractivity (Wildman–Crippen MR) is 92.1 cm³/mol. The molecule has 0 saturated carbocycles. The molecular formula is C19H22F3NO2. The van der Waals surface area contributed by atoms with E-state index in [1.807, 2.05) is 32.9 Å². The van der Waals surface area contributed by atoms with Crippen molar-refractivity contribution in [3.8, 4) is 5.75 Å². The number of aliphatic hydroxyl groups is 1. The average Bonchev–Trinajstić information content (AvgIpc) is 2.51. The molecule has 0 amide bonds. The van der Waals surface area contributed by atoms with E-state index in [-0.39, 0.29) is 13.2 Å². The van der Waals surface area contributed by atoms with Gasteiger partial charge in [-0.1, -0.05) is 23.8 Å². The molecule has 25 heavy (non-hydrogen) atoms. The van der Waals surface area contributed by atoms with Gasteiger partial charge in [0.25, 0.3) is 0 Å². The van der Waals surface area contributed by atoms with Gasteiger partial charge in [0.05, 0.1) is 5.56 Å². The molecular weight excluding hydrogens is 331 g/mol. The van der Waals surface area contributed by atoms with E-state index in [1.165, 1.54) is 12.1 Å². The Balaban J connectivity index is 1.90. The second-order valence-electron chi connectivity index (χ2n) is 6.15. The summed E-state index contributed by atoms with van der Waals surface area (Å²) in [5.74, 6) is 0.726. The van der Waals surface area contributed by atoms with Gasteiger partial charge in [0.15, 0.2) is 0 Å². The first-order chi connectivity index (χ1) is 11.7. The first-order valence-corrected chi connectivity index (χ1v) is 7.96. The normalized spacial score (nSPS) is 12.8. The van der Waals surface area contributed by atoms with Gasteiger partial charge in [0, 0.05) is 12.2 Å². The van der Waals surface area contributed by atoms with Crippen molar-refractivity contribution in [3.63, 3.8) is 0 Å². The number of aliphatic hydroxyl groups excluding tert-OH is 1. The molecule has 0 aliphatic carbocycles. The molecule has 0 saturated heterocycles. The van der Waals surface area contributed by atoms with Crippen LogP contribution in [0.25, 0.3) is 0 Å². The number of hydrogen-bond acceptors (Lipinski definition) is 3. The maximum absolute atomic E-state index is 12.7. The smallest absolute Gasteiger partial charge is 0.416 e. The summed E-state index contributed by atoms with van der Waals surface area (Å²) in [6.45, 7) is 6.00. The van der Waals surface area contributed by atoms with E-state index in [1.54, 1.807) is 0 Å². The topological polar surface area (TPSA) is 41.5 Å². The molecule has 0 radical (unpaired) electrons. The van der Waals surface area contributed by atoms with Gasteiger partial charge >= 0.3 is 6.18 Å². The standard InChI is InChI=1S/C19H22F3NO2/c1-12-7-13(2)18(14(3)8-12)25-11-17(24)10-23-16-6-4-5-15(9-16)19(20,21)22/h4-9,17,23-24H,10-11H2,1-3H3/t17-/m1/s1. The molecule has 0 spiro atoms. The van der Waals surface area contributed by atoms with Gasteiger partial charge in [-0.25, -0.2) is 0 Å². The summed E-state index contributed by atoms with van der Waals surface area (Å²) < 4.78 is 43.7. The third-order valence-electron chi connectivity index (χ3n) is 3.76. The number of benzene rings is 2. The van der Waals surface area contributed by atoms with Crippen LogP contribution in [0.3, 0.4) is 0 Å². The molecule has 6 heteroatoms. The Morgan fingerprint density at radius 1 is 1.08 bits per heavy atom. The van der Waals surface area contributed by atoms with Crippen LogP contribution in [0, 0.1) is 20.8 Å². The molecule has 2 aromatic carbocycles. The lowest BCUT2D eigenvalue weighted by Crippen LogP contribution is -2.26. The highest BCUT2D eigenvalue weighted by atomic mass is 19.4. The minimum Gasteiger partial charge on any atom is -0.490 e. The molecule has 3 nitrogen and oxygen atoms in total. The number of alkyl halides is 3. The van der Waals surface area contributed by atoms with Crippen LogP contribution in [-0.2, 0) is 6.18 Å². The van der Waals surface area contributed by atoms with Crippen LogP contribution in [0.2, 0.25) is 0 Å². The molecule has 2 N–H and O–H groups in total. The van der Waals surface area contributed by atoms with E-state index < -0.39 is 17.8 Å². The maximum atomic E-state index is 12.7. The quantitative estimate of drug-likeness (QED) is 0.804. The van der Waals surface area contributed by atoms with Gasteiger partial charge in [-0.3, -0.25) is 0 Å². The highest BCUT2D eigenvalue weighted by molar-refractivity contribution is 5.46. The number of rotatable bonds is 6. The van der Waals surface area contributed by atoms with Gasteiger partial charge in [-0.05, 0) is 50.1 Å². The number of ether oxygens (including phenoxy) is 1. The van der Waals surface area contributed by atoms with E-state index >= 15 is 0 Å². The van der Waals surface area contributed by atoms with Gasteiger partial charge in [-0.15, -0.1) is 0 Å². The fourth-order valence-corrected chi connectivity index (χ4v) is 2.67. The summed E-state index contributed by atoms with van der Waals surface area (Å²) in [5, 5.41) is 12.8. The highest BCUT2D eigenvalue weighted by Gasteiger charge is 2.30. The average molecular weight is 353 g/mol. The molecule has 0 aliphatic heterocycles. The number of halogens is 3. The SMILES string of the molecule is Cc1cc(C)c(OC[C@H](O)CNc2cccc(C(F)(F)F)c2)c(C)c1. The minimum atomic E-state index is -4.39. The van der Waals surface area contributed by atoms with E-state index in [0.29, 0.717) is 5.69 Å². The second kappa shape index (κ2) is 7.78. The van der Waals surface area contributed by atoms with Crippen molar-refractivity contribution in [1.82, 2.24) is 0 Å². The molecule has 1 atom stereocenters. The van der Waals surface area contributed by atoms with Crippen molar-refractivity contribution in [2.24, 2.45) is 0 Å². The van der Waals surface area contributed by atoms with Crippen LogP contribution >= 0.6 is 0 Å². The van der Waals surface area contributed by atoms with Crippen LogP contribution in [0.15, 0.2) is 36.4 Å². The maximum Gasteiger partial charge on any atom is 0.416 e. The summed E-state index contributed by atoms with van der Waals surface area (Å²) in [6, 6.07) is 8.87. The molecule has 0 aliphatic rings. The van der Waals surface area contributed by atoms with Crippen molar-refractivity contribution >= 4 is 5.69 Å². The Bertz CT molecular complexity index is 706. The highest BCUT2D eigenvalue weighted by Crippen LogP contribution is 2.30. The lowest BCUT2D eigenvalue weighted by Gasteiger charge is -2.17. The monoisotopic (exact) mass is 353 g/mol. The third-order valence-corrected chi connectivity index (χ3v) is 3.76. The van der Waals surface area contributed by atoms with Gasteiger partial charge in [-0.2, -0.15) is 13.2 Å². The van der Waals surface area contributed by atoms with Crippen molar-refractivity contribution in [2.75, 3.05) is 18.5 Å². The molecule has 2 aromatic rings. The summed E-state index contributed by atoms with van der Waals surface area (Å²) in [5.41, 5.74) is 2.67. The van der Waals surface area contributed by atoms with Crippen LogP contribution in [0.1, 0.15) is 22.3 Å². The van der Waals surface area contributed by atoms with E-state index in [0.717, 1.165) is 34.6 Å². The Morgan fingerprint density at radius 3 is 2.32 bits per heavy atom. The molecule has 0 heterocycles. The summed E-state index contributed by atoms with van der Waals surface area (Å²) in [4.78, 5) is 0. The summed E-state index contributed by atoms with van der Waals surface area (Å²) >= 11 is 0. The second-order valence-corrected chi connectivity index (χ2v) is 6.15. The van der Waals surface area contributed by atoms with Crippen LogP contribution < -0.4 is 10.1 Å². The fourth-order valence-electron chi connectivity index (χ4n) is 2.67. The third kappa shape index (κ3) is 5.39. The molecule has 0 aromatic heterocycles. The predicted octanol–water partition coefficient (Wildman–Crippen LogP) is 4.48. The minimum absolute atomic E-state index is 0.0523. The Labute approximate surface area is 145 Å². The largest absolute Gasteiger partial charge is 0.490 e. The number of hydrogen-bond donors (Lipinski definition) is 2. The number of nitrogens with one attached hydrogen (secondary N) is 1. The Morgan fingerprint density at radius 2 is 1.72 bits per heavy atom. The lowest BCUT2D eigenvalue weighted by molar-refractivity contribution is -0.137.